The number of hydrogen-bond acceptors (Lipinski definition) is 4. The van der Waals surface area contributed by atoms with Gasteiger partial charge in [-0.25, -0.2) is 0 Å². The van der Waals surface area contributed by atoms with Crippen molar-refractivity contribution in [3.63, 3.8) is 0 Å². The lowest BCUT2D eigenvalue weighted by atomic mass is 10.0. The average molecular weight is 331 g/mol. The largest absolute Gasteiger partial charge is 0.485 e. The molecule has 0 saturated carbocycles. The van der Waals surface area contributed by atoms with E-state index in [0.717, 1.165) is 16.9 Å². The van der Waals surface area contributed by atoms with E-state index in [2.05, 4.69) is 31.3 Å². The molecule has 0 radical (unpaired) electrons. The zero-order valence-electron chi connectivity index (χ0n) is 14.7. The van der Waals surface area contributed by atoms with Crippen molar-refractivity contribution in [3.8, 4) is 5.75 Å². The molecule has 0 spiro atoms. The molecule has 0 atom stereocenters. The molecule has 0 aliphatic rings. The molecular formula is C19H25NO4. The molecule has 0 bridgehead atoms. The van der Waals surface area contributed by atoms with Crippen molar-refractivity contribution in [2.45, 2.75) is 33.3 Å². The number of ether oxygens (including phenoxy) is 2. The number of methoxy groups -OCH3 is 1. The van der Waals surface area contributed by atoms with Gasteiger partial charge in [0, 0.05) is 13.7 Å². The van der Waals surface area contributed by atoms with Crippen molar-refractivity contribution in [2.24, 2.45) is 0 Å². The predicted octanol–water partition coefficient (Wildman–Crippen LogP) is 3.67. The number of hydrogen-bond donors (Lipinski definition) is 1. The molecule has 24 heavy (non-hydrogen) atoms. The Morgan fingerprint density at radius 2 is 2.04 bits per heavy atom. The zero-order chi connectivity index (χ0) is 17.5. The maximum atomic E-state index is 11.9. The minimum Gasteiger partial charge on any atom is -0.485 e. The third-order valence-electron chi connectivity index (χ3n) is 3.64. The van der Waals surface area contributed by atoms with Crippen LogP contribution in [0.4, 0.5) is 0 Å². The van der Waals surface area contributed by atoms with Gasteiger partial charge in [0.1, 0.15) is 18.1 Å². The standard InChI is InChI=1S/C19H25NO4/c1-13(2)16-7-5-14(3)11-18(16)23-12-15-6-8-17(24-15)19(21)20-9-10-22-4/h5-8,11,13H,9-10,12H2,1-4H3,(H,20,21). The minimum atomic E-state index is -0.253. The Morgan fingerprint density at radius 1 is 1.25 bits per heavy atom. The first-order valence-corrected chi connectivity index (χ1v) is 8.10. The van der Waals surface area contributed by atoms with E-state index in [1.807, 2.05) is 13.0 Å². The fourth-order valence-electron chi connectivity index (χ4n) is 2.32. The van der Waals surface area contributed by atoms with Gasteiger partial charge in [-0.15, -0.1) is 0 Å². The highest BCUT2D eigenvalue weighted by atomic mass is 16.5. The Balaban J connectivity index is 1.98. The van der Waals surface area contributed by atoms with E-state index < -0.39 is 0 Å². The molecule has 1 heterocycles. The van der Waals surface area contributed by atoms with Crippen LogP contribution < -0.4 is 10.1 Å². The Morgan fingerprint density at radius 3 is 2.75 bits per heavy atom. The summed E-state index contributed by atoms with van der Waals surface area (Å²) in [6.45, 7) is 7.50. The van der Waals surface area contributed by atoms with Gasteiger partial charge in [-0.05, 0) is 42.2 Å². The van der Waals surface area contributed by atoms with Gasteiger partial charge in [0.15, 0.2) is 5.76 Å². The molecule has 2 rings (SSSR count). The number of carbonyl (C=O) groups is 1. The zero-order valence-corrected chi connectivity index (χ0v) is 14.7. The number of aryl methyl sites for hydroxylation is 1. The second kappa shape index (κ2) is 8.55. The van der Waals surface area contributed by atoms with Crippen molar-refractivity contribution < 1.29 is 18.7 Å². The Kier molecular flexibility index (Phi) is 6.44. The highest BCUT2D eigenvalue weighted by Gasteiger charge is 2.12. The predicted molar refractivity (Wildman–Crippen MR) is 92.5 cm³/mol. The fraction of sp³-hybridized carbons (Fsp3) is 0.421. The Labute approximate surface area is 143 Å². The number of benzene rings is 1. The summed E-state index contributed by atoms with van der Waals surface area (Å²) in [5, 5.41) is 2.72. The van der Waals surface area contributed by atoms with Crippen LogP contribution in [0.3, 0.4) is 0 Å². The number of rotatable bonds is 8. The van der Waals surface area contributed by atoms with Gasteiger partial charge in [0.05, 0.1) is 6.61 Å². The van der Waals surface area contributed by atoms with E-state index in [4.69, 9.17) is 13.9 Å². The maximum Gasteiger partial charge on any atom is 0.287 e. The molecule has 1 aromatic carbocycles. The van der Waals surface area contributed by atoms with Crippen molar-refractivity contribution >= 4 is 5.91 Å². The molecule has 1 aromatic heterocycles. The topological polar surface area (TPSA) is 60.7 Å². The fourth-order valence-corrected chi connectivity index (χ4v) is 2.32. The van der Waals surface area contributed by atoms with E-state index in [-0.39, 0.29) is 18.3 Å². The molecule has 5 heteroatoms. The third-order valence-corrected chi connectivity index (χ3v) is 3.64. The van der Waals surface area contributed by atoms with Crippen molar-refractivity contribution in [2.75, 3.05) is 20.3 Å². The van der Waals surface area contributed by atoms with Crippen LogP contribution in [0.5, 0.6) is 5.75 Å². The van der Waals surface area contributed by atoms with Crippen LogP contribution in [0.25, 0.3) is 0 Å². The first kappa shape index (κ1) is 18.1. The third kappa shape index (κ3) is 4.86. The van der Waals surface area contributed by atoms with Gasteiger partial charge < -0.3 is 19.2 Å². The smallest absolute Gasteiger partial charge is 0.287 e. The SMILES string of the molecule is COCCNC(=O)c1ccc(COc2cc(C)ccc2C(C)C)o1. The van der Waals surface area contributed by atoms with Gasteiger partial charge in [-0.1, -0.05) is 26.0 Å². The Bertz CT molecular complexity index is 676. The highest BCUT2D eigenvalue weighted by Crippen LogP contribution is 2.28. The molecule has 0 fully saturated rings. The molecule has 0 unspecified atom stereocenters. The molecule has 5 nitrogen and oxygen atoms in total. The van der Waals surface area contributed by atoms with Crippen LogP contribution in [0.2, 0.25) is 0 Å². The number of furan rings is 1. The first-order chi connectivity index (χ1) is 11.5. The summed E-state index contributed by atoms with van der Waals surface area (Å²) in [6, 6.07) is 9.61. The van der Waals surface area contributed by atoms with E-state index >= 15 is 0 Å². The summed E-state index contributed by atoms with van der Waals surface area (Å²) in [6.07, 6.45) is 0. The molecule has 130 valence electrons. The molecule has 0 saturated heterocycles. The molecule has 2 aromatic rings. The monoisotopic (exact) mass is 331 g/mol. The van der Waals surface area contributed by atoms with Gasteiger partial charge in [0.2, 0.25) is 0 Å². The second-order valence-corrected chi connectivity index (χ2v) is 6.00. The molecular weight excluding hydrogens is 306 g/mol. The number of carbonyl (C=O) groups excluding carboxylic acids is 1. The summed E-state index contributed by atoms with van der Waals surface area (Å²) in [7, 11) is 1.59. The minimum absolute atomic E-state index is 0.253. The summed E-state index contributed by atoms with van der Waals surface area (Å²) in [5.74, 6) is 1.87. The average Bonchev–Trinajstić information content (AvgIpc) is 3.02. The molecule has 1 amide bonds. The lowest BCUT2D eigenvalue weighted by molar-refractivity contribution is 0.0905. The van der Waals surface area contributed by atoms with Crippen molar-refractivity contribution in [3.05, 3.63) is 53.0 Å². The molecule has 1 N–H and O–H groups in total. The lowest BCUT2D eigenvalue weighted by Gasteiger charge is -2.14. The van der Waals surface area contributed by atoms with Gasteiger partial charge in [0.25, 0.3) is 5.91 Å². The summed E-state index contributed by atoms with van der Waals surface area (Å²) in [5.41, 5.74) is 2.30. The quantitative estimate of drug-likeness (QED) is 0.750. The van der Waals surface area contributed by atoms with Gasteiger partial charge in [-0.3, -0.25) is 4.79 Å². The lowest BCUT2D eigenvalue weighted by Crippen LogP contribution is -2.26. The van der Waals surface area contributed by atoms with Crippen LogP contribution in [-0.4, -0.2) is 26.2 Å². The van der Waals surface area contributed by atoms with Crippen LogP contribution in [-0.2, 0) is 11.3 Å². The second-order valence-electron chi connectivity index (χ2n) is 6.00. The van der Waals surface area contributed by atoms with Crippen LogP contribution in [0, 0.1) is 6.92 Å². The van der Waals surface area contributed by atoms with E-state index in [0.29, 0.717) is 24.8 Å². The normalized spacial score (nSPS) is 10.9. The van der Waals surface area contributed by atoms with Crippen LogP contribution in [0.15, 0.2) is 34.7 Å². The highest BCUT2D eigenvalue weighted by molar-refractivity contribution is 5.91. The maximum absolute atomic E-state index is 11.9. The van der Waals surface area contributed by atoms with Gasteiger partial charge in [-0.2, -0.15) is 0 Å². The van der Waals surface area contributed by atoms with E-state index in [9.17, 15) is 4.79 Å². The summed E-state index contributed by atoms with van der Waals surface area (Å²) in [4.78, 5) is 11.9. The van der Waals surface area contributed by atoms with E-state index in [1.165, 1.54) is 0 Å². The van der Waals surface area contributed by atoms with Crippen molar-refractivity contribution in [1.29, 1.82) is 0 Å². The molecule has 0 aliphatic carbocycles. The Hall–Kier alpha value is -2.27. The summed E-state index contributed by atoms with van der Waals surface area (Å²) >= 11 is 0. The van der Waals surface area contributed by atoms with E-state index in [1.54, 1.807) is 19.2 Å². The number of nitrogens with one attached hydrogen (secondary N) is 1. The van der Waals surface area contributed by atoms with Gasteiger partial charge >= 0.3 is 0 Å². The summed E-state index contributed by atoms with van der Waals surface area (Å²) < 4.78 is 16.4. The molecule has 0 aliphatic heterocycles. The number of amides is 1. The van der Waals surface area contributed by atoms with Crippen LogP contribution >= 0.6 is 0 Å². The van der Waals surface area contributed by atoms with Crippen LogP contribution in [0.1, 0.15) is 47.2 Å². The van der Waals surface area contributed by atoms with Crippen molar-refractivity contribution in [1.82, 2.24) is 5.32 Å². The first-order valence-electron chi connectivity index (χ1n) is 8.10.